The predicted octanol–water partition coefficient (Wildman–Crippen LogP) is 0.0334. The SMILES string of the molecule is NC(Cc1ccccc1)C(=O)NCCc1ncn[nH]1. The topological polar surface area (TPSA) is 96.7 Å². The molecule has 0 bridgehead atoms. The van der Waals surface area contributed by atoms with Crippen LogP contribution in [0, 0.1) is 0 Å². The zero-order valence-corrected chi connectivity index (χ0v) is 10.5. The van der Waals surface area contributed by atoms with E-state index in [2.05, 4.69) is 20.5 Å². The Bertz CT molecular complexity index is 497. The van der Waals surface area contributed by atoms with Gasteiger partial charge in [-0.3, -0.25) is 9.89 Å². The van der Waals surface area contributed by atoms with Gasteiger partial charge in [-0.25, -0.2) is 4.98 Å². The summed E-state index contributed by atoms with van der Waals surface area (Å²) in [6.45, 7) is 0.497. The molecule has 2 aromatic rings. The fourth-order valence-electron chi connectivity index (χ4n) is 1.75. The first-order valence-electron chi connectivity index (χ1n) is 6.17. The Hall–Kier alpha value is -2.21. The summed E-state index contributed by atoms with van der Waals surface area (Å²) in [6, 6.07) is 9.20. The maximum atomic E-state index is 11.8. The van der Waals surface area contributed by atoms with Gasteiger partial charge in [0.2, 0.25) is 5.91 Å². The highest BCUT2D eigenvalue weighted by Crippen LogP contribution is 2.01. The van der Waals surface area contributed by atoms with Crippen LogP contribution in [0.25, 0.3) is 0 Å². The summed E-state index contributed by atoms with van der Waals surface area (Å²) in [7, 11) is 0. The van der Waals surface area contributed by atoms with Gasteiger partial charge in [0, 0.05) is 13.0 Å². The summed E-state index contributed by atoms with van der Waals surface area (Å²) in [5.41, 5.74) is 6.92. The van der Waals surface area contributed by atoms with E-state index in [1.54, 1.807) is 0 Å². The summed E-state index contributed by atoms with van der Waals surface area (Å²) in [5.74, 6) is 0.597. The first kappa shape index (κ1) is 13.2. The van der Waals surface area contributed by atoms with Crippen molar-refractivity contribution in [3.63, 3.8) is 0 Å². The van der Waals surface area contributed by atoms with Crippen molar-refractivity contribution in [3.8, 4) is 0 Å². The number of amides is 1. The molecule has 0 fully saturated rings. The maximum absolute atomic E-state index is 11.8. The fraction of sp³-hybridized carbons (Fsp3) is 0.308. The highest BCUT2D eigenvalue weighted by molar-refractivity contribution is 5.81. The summed E-state index contributed by atoms with van der Waals surface area (Å²) in [6.07, 6.45) is 2.59. The third-order valence-electron chi connectivity index (χ3n) is 2.76. The molecule has 1 atom stereocenters. The van der Waals surface area contributed by atoms with Crippen LogP contribution in [0.1, 0.15) is 11.4 Å². The van der Waals surface area contributed by atoms with Crippen LogP contribution in [0.5, 0.6) is 0 Å². The van der Waals surface area contributed by atoms with Crippen LogP contribution in [0.2, 0.25) is 0 Å². The third-order valence-corrected chi connectivity index (χ3v) is 2.76. The summed E-state index contributed by atoms with van der Waals surface area (Å²) >= 11 is 0. The molecule has 1 unspecified atom stereocenters. The molecule has 0 aliphatic carbocycles. The lowest BCUT2D eigenvalue weighted by molar-refractivity contribution is -0.122. The maximum Gasteiger partial charge on any atom is 0.237 e. The number of carbonyl (C=O) groups excluding carboxylic acids is 1. The molecule has 0 aliphatic rings. The quantitative estimate of drug-likeness (QED) is 0.682. The number of aromatic amines is 1. The van der Waals surface area contributed by atoms with E-state index in [0.717, 1.165) is 11.4 Å². The van der Waals surface area contributed by atoms with Gasteiger partial charge in [0.15, 0.2) is 0 Å². The number of nitrogens with one attached hydrogen (secondary N) is 2. The number of rotatable bonds is 6. The Labute approximate surface area is 111 Å². The standard InChI is InChI=1S/C13H17N5O/c14-11(8-10-4-2-1-3-5-10)13(19)15-7-6-12-16-9-17-18-12/h1-5,9,11H,6-8,14H2,(H,15,19)(H,16,17,18). The number of hydrogen-bond acceptors (Lipinski definition) is 4. The minimum absolute atomic E-state index is 0.150. The number of nitrogens with two attached hydrogens (primary N) is 1. The van der Waals surface area contributed by atoms with Crippen molar-refractivity contribution in [2.24, 2.45) is 5.73 Å². The largest absolute Gasteiger partial charge is 0.354 e. The molecule has 6 heteroatoms. The second-order valence-corrected chi connectivity index (χ2v) is 4.27. The van der Waals surface area contributed by atoms with E-state index in [0.29, 0.717) is 19.4 Å². The van der Waals surface area contributed by atoms with E-state index in [1.165, 1.54) is 6.33 Å². The predicted molar refractivity (Wildman–Crippen MR) is 71.2 cm³/mol. The second kappa shape index (κ2) is 6.65. The van der Waals surface area contributed by atoms with Gasteiger partial charge < -0.3 is 11.1 Å². The van der Waals surface area contributed by atoms with Gasteiger partial charge >= 0.3 is 0 Å². The third kappa shape index (κ3) is 4.18. The van der Waals surface area contributed by atoms with Crippen molar-refractivity contribution >= 4 is 5.91 Å². The van der Waals surface area contributed by atoms with Gasteiger partial charge in [-0.2, -0.15) is 5.10 Å². The molecule has 19 heavy (non-hydrogen) atoms. The van der Waals surface area contributed by atoms with Crippen molar-refractivity contribution in [3.05, 3.63) is 48.0 Å². The van der Waals surface area contributed by atoms with Crippen molar-refractivity contribution in [2.75, 3.05) is 6.54 Å². The fourth-order valence-corrected chi connectivity index (χ4v) is 1.75. The van der Waals surface area contributed by atoms with Gasteiger partial charge in [-0.1, -0.05) is 30.3 Å². The van der Waals surface area contributed by atoms with E-state index in [4.69, 9.17) is 5.73 Å². The zero-order chi connectivity index (χ0) is 13.5. The van der Waals surface area contributed by atoms with Crippen molar-refractivity contribution in [1.29, 1.82) is 0 Å². The lowest BCUT2D eigenvalue weighted by atomic mass is 10.1. The summed E-state index contributed by atoms with van der Waals surface area (Å²) in [4.78, 5) is 15.8. The molecule has 1 aromatic carbocycles. The Morgan fingerprint density at radius 2 is 2.16 bits per heavy atom. The first-order chi connectivity index (χ1) is 9.25. The molecule has 6 nitrogen and oxygen atoms in total. The van der Waals surface area contributed by atoms with Crippen molar-refractivity contribution < 1.29 is 4.79 Å². The van der Waals surface area contributed by atoms with E-state index in [1.807, 2.05) is 30.3 Å². The average Bonchev–Trinajstić information content (AvgIpc) is 2.93. The molecule has 0 spiro atoms. The van der Waals surface area contributed by atoms with Gasteiger partial charge in [-0.15, -0.1) is 0 Å². The molecule has 2 rings (SSSR count). The smallest absolute Gasteiger partial charge is 0.237 e. The van der Waals surface area contributed by atoms with Crippen LogP contribution < -0.4 is 11.1 Å². The number of aromatic nitrogens is 3. The van der Waals surface area contributed by atoms with Gasteiger partial charge in [0.1, 0.15) is 12.2 Å². The van der Waals surface area contributed by atoms with E-state index >= 15 is 0 Å². The summed E-state index contributed by atoms with van der Waals surface area (Å²) < 4.78 is 0. The van der Waals surface area contributed by atoms with Crippen LogP contribution in [-0.4, -0.2) is 33.7 Å². The van der Waals surface area contributed by atoms with Crippen LogP contribution >= 0.6 is 0 Å². The van der Waals surface area contributed by atoms with Crippen LogP contribution in [0.3, 0.4) is 0 Å². The first-order valence-corrected chi connectivity index (χ1v) is 6.17. The Morgan fingerprint density at radius 1 is 1.37 bits per heavy atom. The van der Waals surface area contributed by atoms with Crippen LogP contribution in [0.4, 0.5) is 0 Å². The molecule has 0 saturated carbocycles. The zero-order valence-electron chi connectivity index (χ0n) is 10.5. The normalized spacial score (nSPS) is 12.1. The van der Waals surface area contributed by atoms with Gasteiger partial charge in [-0.05, 0) is 12.0 Å². The number of carbonyl (C=O) groups is 1. The number of nitrogens with zero attached hydrogens (tertiary/aromatic N) is 2. The van der Waals surface area contributed by atoms with E-state index in [9.17, 15) is 4.79 Å². The lowest BCUT2D eigenvalue weighted by Crippen LogP contribution is -2.42. The molecular formula is C13H17N5O. The summed E-state index contributed by atoms with van der Waals surface area (Å²) in [5, 5.41) is 9.26. The van der Waals surface area contributed by atoms with Gasteiger partial charge in [0.05, 0.1) is 6.04 Å². The number of benzene rings is 1. The highest BCUT2D eigenvalue weighted by Gasteiger charge is 2.13. The van der Waals surface area contributed by atoms with Crippen molar-refractivity contribution in [2.45, 2.75) is 18.9 Å². The Balaban J connectivity index is 1.73. The monoisotopic (exact) mass is 259 g/mol. The molecule has 4 N–H and O–H groups in total. The second-order valence-electron chi connectivity index (χ2n) is 4.27. The minimum atomic E-state index is -0.530. The molecule has 0 radical (unpaired) electrons. The number of hydrogen-bond donors (Lipinski definition) is 3. The number of H-pyrrole nitrogens is 1. The van der Waals surface area contributed by atoms with Crippen LogP contribution in [0.15, 0.2) is 36.7 Å². The molecule has 100 valence electrons. The minimum Gasteiger partial charge on any atom is -0.354 e. The Kier molecular flexibility index (Phi) is 4.63. The van der Waals surface area contributed by atoms with Gasteiger partial charge in [0.25, 0.3) is 0 Å². The highest BCUT2D eigenvalue weighted by atomic mass is 16.2. The molecule has 0 saturated heterocycles. The average molecular weight is 259 g/mol. The lowest BCUT2D eigenvalue weighted by Gasteiger charge is -2.11. The molecule has 1 amide bonds. The molecule has 1 aromatic heterocycles. The van der Waals surface area contributed by atoms with E-state index in [-0.39, 0.29) is 5.91 Å². The molecule has 1 heterocycles. The van der Waals surface area contributed by atoms with Crippen LogP contribution in [-0.2, 0) is 17.6 Å². The van der Waals surface area contributed by atoms with Crippen molar-refractivity contribution in [1.82, 2.24) is 20.5 Å². The van der Waals surface area contributed by atoms with E-state index < -0.39 is 6.04 Å². The molecular weight excluding hydrogens is 242 g/mol. The molecule has 0 aliphatic heterocycles. The Morgan fingerprint density at radius 3 is 2.84 bits per heavy atom.